The molecule has 78 valence electrons. The molecule has 1 aliphatic heterocycles. The molecule has 2 rings (SSSR count). The Morgan fingerprint density at radius 2 is 2.00 bits per heavy atom. The maximum Gasteiger partial charge on any atom is 0.232 e. The lowest BCUT2D eigenvalue weighted by Gasteiger charge is -2.19. The van der Waals surface area contributed by atoms with Crippen LogP contribution in [0.1, 0.15) is 24.2 Å². The molecule has 0 aliphatic carbocycles. The number of benzene rings is 1. The summed E-state index contributed by atoms with van der Waals surface area (Å²) in [6.45, 7) is 3.58. The van der Waals surface area contributed by atoms with Crippen molar-refractivity contribution in [3.05, 3.63) is 29.8 Å². The predicted molar refractivity (Wildman–Crippen MR) is 56.6 cm³/mol. The highest BCUT2D eigenvalue weighted by molar-refractivity contribution is 6.48. The van der Waals surface area contributed by atoms with Crippen LogP contribution < -0.4 is 0 Å². The second kappa shape index (κ2) is 3.47. The molecule has 15 heavy (non-hydrogen) atoms. The summed E-state index contributed by atoms with van der Waals surface area (Å²) in [5.41, 5.74) is 1.17. The van der Waals surface area contributed by atoms with Gasteiger partial charge in [0.2, 0.25) is 11.6 Å². The first-order valence-corrected chi connectivity index (χ1v) is 4.82. The van der Waals surface area contributed by atoms with E-state index in [1.807, 2.05) is 6.07 Å². The highest BCUT2D eigenvalue weighted by Crippen LogP contribution is 2.27. The smallest absolute Gasteiger partial charge is 0.232 e. The lowest BCUT2D eigenvalue weighted by molar-refractivity contribution is -0.0414. The number of Topliss-reactive ketones (excluding diaryl/α,β-unsaturated/α-hetero) is 1. The number of nitrogens with zero attached hydrogens (tertiary/aromatic N) is 2. The molecule has 0 radical (unpaired) electrons. The highest BCUT2D eigenvalue weighted by Gasteiger charge is 2.29. The number of rotatable bonds is 1. The van der Waals surface area contributed by atoms with E-state index in [0.29, 0.717) is 11.3 Å². The van der Waals surface area contributed by atoms with Gasteiger partial charge in [0.15, 0.2) is 0 Å². The van der Waals surface area contributed by atoms with Crippen LogP contribution in [0.2, 0.25) is 0 Å². The zero-order valence-electron chi connectivity index (χ0n) is 8.64. The molecule has 4 nitrogen and oxygen atoms in total. The summed E-state index contributed by atoms with van der Waals surface area (Å²) in [6.07, 6.45) is 0. The zero-order valence-corrected chi connectivity index (χ0v) is 8.64. The first kappa shape index (κ1) is 9.86. The largest absolute Gasteiger partial charge is 0.287 e. The third-order valence-electron chi connectivity index (χ3n) is 2.28. The van der Waals surface area contributed by atoms with Gasteiger partial charge in [-0.25, -0.2) is 10.1 Å². The van der Waals surface area contributed by atoms with Crippen molar-refractivity contribution >= 4 is 17.3 Å². The van der Waals surface area contributed by atoms with E-state index < -0.39 is 0 Å². The number of ketones is 1. The number of amidine groups is 1. The Kier molecular flexibility index (Phi) is 2.28. The molecule has 1 aromatic carbocycles. The van der Waals surface area contributed by atoms with Gasteiger partial charge in [-0.15, -0.1) is 0 Å². The molecule has 1 aliphatic rings. The molecule has 0 atom stereocenters. The molecule has 0 unspecified atom stereocenters. The van der Waals surface area contributed by atoms with Crippen molar-refractivity contribution < 1.29 is 10.0 Å². The quantitative estimate of drug-likeness (QED) is 0.712. The predicted octanol–water partition coefficient (Wildman–Crippen LogP) is 2.01. The summed E-state index contributed by atoms with van der Waals surface area (Å²) in [7, 11) is 0. The van der Waals surface area contributed by atoms with Crippen LogP contribution in [0.5, 0.6) is 0 Å². The number of hydrogen-bond donors (Lipinski definition) is 1. The molecule has 1 aromatic rings. The molecule has 1 N–H and O–H groups in total. The van der Waals surface area contributed by atoms with Gasteiger partial charge >= 0.3 is 0 Å². The number of carbonyl (C=O) groups excluding carboxylic acids is 1. The van der Waals surface area contributed by atoms with Gasteiger partial charge in [-0.1, -0.05) is 12.1 Å². The molecule has 0 bridgehead atoms. The molecule has 0 amide bonds. The molecule has 0 aromatic heterocycles. The van der Waals surface area contributed by atoms with Gasteiger partial charge in [0.25, 0.3) is 0 Å². The minimum atomic E-state index is -0.221. The number of fused-ring (bicyclic) bond motifs is 1. The van der Waals surface area contributed by atoms with Crippen LogP contribution >= 0.6 is 0 Å². The van der Waals surface area contributed by atoms with Crippen molar-refractivity contribution in [2.24, 2.45) is 4.99 Å². The molecule has 0 saturated carbocycles. The SMILES string of the molecule is CC(C)N(O)C1=Nc2ccccc2C1=O. The normalized spacial score (nSPS) is 14.1. The van der Waals surface area contributed by atoms with Gasteiger partial charge < -0.3 is 0 Å². The second-order valence-electron chi connectivity index (χ2n) is 3.72. The van der Waals surface area contributed by atoms with Crippen LogP contribution in [0, 0.1) is 0 Å². The average Bonchev–Trinajstić information content (AvgIpc) is 2.56. The van der Waals surface area contributed by atoms with Crippen LogP contribution in [0.15, 0.2) is 29.3 Å². The fourth-order valence-corrected chi connectivity index (χ4v) is 1.45. The monoisotopic (exact) mass is 204 g/mol. The third kappa shape index (κ3) is 1.53. The maximum atomic E-state index is 11.8. The van der Waals surface area contributed by atoms with Gasteiger partial charge in [0, 0.05) is 0 Å². The second-order valence-corrected chi connectivity index (χ2v) is 3.72. The van der Waals surface area contributed by atoms with Crippen LogP contribution in [-0.2, 0) is 0 Å². The first-order chi connectivity index (χ1) is 7.11. The van der Waals surface area contributed by atoms with E-state index in [4.69, 9.17) is 0 Å². The lowest BCUT2D eigenvalue weighted by atomic mass is 10.1. The van der Waals surface area contributed by atoms with Gasteiger partial charge in [-0.2, -0.15) is 0 Å². The van der Waals surface area contributed by atoms with Gasteiger partial charge in [0.1, 0.15) is 0 Å². The van der Waals surface area contributed by atoms with E-state index in [9.17, 15) is 10.0 Å². The third-order valence-corrected chi connectivity index (χ3v) is 2.28. The van der Waals surface area contributed by atoms with Gasteiger partial charge in [0.05, 0.1) is 17.3 Å². The van der Waals surface area contributed by atoms with Crippen molar-refractivity contribution in [1.82, 2.24) is 5.06 Å². The number of para-hydroxylation sites is 1. The summed E-state index contributed by atoms with van der Waals surface area (Å²) >= 11 is 0. The Morgan fingerprint density at radius 3 is 2.60 bits per heavy atom. The van der Waals surface area contributed by atoms with E-state index >= 15 is 0 Å². The van der Waals surface area contributed by atoms with E-state index in [2.05, 4.69) is 4.99 Å². The number of hydroxylamine groups is 2. The molecular formula is C11H12N2O2. The van der Waals surface area contributed by atoms with Crippen molar-refractivity contribution in [2.45, 2.75) is 19.9 Å². The highest BCUT2D eigenvalue weighted by atomic mass is 16.5. The van der Waals surface area contributed by atoms with Crippen molar-refractivity contribution in [3.8, 4) is 0 Å². The topological polar surface area (TPSA) is 52.9 Å². The summed E-state index contributed by atoms with van der Waals surface area (Å²) in [5.74, 6) is -0.118. The van der Waals surface area contributed by atoms with Gasteiger partial charge in [-0.3, -0.25) is 10.0 Å². The van der Waals surface area contributed by atoms with Crippen molar-refractivity contribution in [2.75, 3.05) is 0 Å². The molecule has 0 spiro atoms. The summed E-state index contributed by atoms with van der Waals surface area (Å²) in [5, 5.41) is 10.6. The van der Waals surface area contributed by atoms with Crippen molar-refractivity contribution in [3.63, 3.8) is 0 Å². The number of aliphatic imine (C=N–C) groups is 1. The molecule has 0 fully saturated rings. The fraction of sp³-hybridized carbons (Fsp3) is 0.273. The molecule has 4 heteroatoms. The number of carbonyl (C=O) groups is 1. The number of hydrogen-bond acceptors (Lipinski definition) is 4. The van der Waals surface area contributed by atoms with Crippen LogP contribution in [0.25, 0.3) is 0 Å². The van der Waals surface area contributed by atoms with E-state index in [1.165, 1.54) is 0 Å². The maximum absolute atomic E-state index is 11.8. The van der Waals surface area contributed by atoms with Crippen LogP contribution in [-0.4, -0.2) is 27.9 Å². The van der Waals surface area contributed by atoms with E-state index in [1.54, 1.807) is 32.0 Å². The lowest BCUT2D eigenvalue weighted by Crippen LogP contribution is -2.37. The van der Waals surface area contributed by atoms with Crippen molar-refractivity contribution in [1.29, 1.82) is 0 Å². The minimum absolute atomic E-state index is 0.103. The van der Waals surface area contributed by atoms with E-state index in [0.717, 1.165) is 5.06 Å². The molecular weight excluding hydrogens is 192 g/mol. The average molecular weight is 204 g/mol. The Bertz CT molecular complexity index is 438. The molecule has 1 heterocycles. The standard InChI is InChI=1S/C11H12N2O2/c1-7(2)13(15)11-10(14)8-5-3-4-6-9(8)12-11/h3-7,15H,1-2H3. The molecule has 0 saturated heterocycles. The van der Waals surface area contributed by atoms with Crippen LogP contribution in [0.3, 0.4) is 0 Å². The minimum Gasteiger partial charge on any atom is -0.287 e. The Morgan fingerprint density at radius 1 is 1.33 bits per heavy atom. The summed E-state index contributed by atoms with van der Waals surface area (Å²) in [6, 6.07) is 6.90. The zero-order chi connectivity index (χ0) is 11.0. The summed E-state index contributed by atoms with van der Waals surface area (Å²) in [4.78, 5) is 15.9. The Labute approximate surface area is 87.8 Å². The fourth-order valence-electron chi connectivity index (χ4n) is 1.45. The van der Waals surface area contributed by atoms with Gasteiger partial charge in [-0.05, 0) is 26.0 Å². The summed E-state index contributed by atoms with van der Waals surface area (Å²) < 4.78 is 0. The van der Waals surface area contributed by atoms with E-state index in [-0.39, 0.29) is 17.7 Å². The first-order valence-electron chi connectivity index (χ1n) is 4.82. The Balaban J connectivity index is 2.39. The van der Waals surface area contributed by atoms with Crippen LogP contribution in [0.4, 0.5) is 5.69 Å². The Hall–Kier alpha value is -1.68.